The predicted octanol–water partition coefficient (Wildman–Crippen LogP) is 5.74. The monoisotopic (exact) mass is 1050 g/mol. The van der Waals surface area contributed by atoms with Gasteiger partial charge < -0.3 is 44.9 Å². The van der Waals surface area contributed by atoms with Gasteiger partial charge in [0.15, 0.2) is 0 Å². The van der Waals surface area contributed by atoms with E-state index in [1.165, 1.54) is 22.7 Å². The van der Waals surface area contributed by atoms with Gasteiger partial charge in [-0.1, -0.05) is 24.3 Å². The number of hydrogen-bond donors (Lipinski definition) is 3. The second kappa shape index (κ2) is 25.8. The number of piperazine rings is 2. The highest BCUT2D eigenvalue weighted by Crippen LogP contribution is 2.30. The van der Waals surface area contributed by atoms with Crippen molar-refractivity contribution in [3.63, 3.8) is 0 Å². The second-order valence-corrected chi connectivity index (χ2v) is 23.4. The molecule has 0 radical (unpaired) electrons. The molecule has 0 atom stereocenters. The summed E-state index contributed by atoms with van der Waals surface area (Å²) < 4.78 is 71.0. The summed E-state index contributed by atoms with van der Waals surface area (Å²) in [6.45, 7) is 19.8. The molecule has 4 aromatic carbocycles. The van der Waals surface area contributed by atoms with Crippen LogP contribution in [-0.4, -0.2) is 148 Å². The van der Waals surface area contributed by atoms with E-state index in [1.54, 1.807) is 71.1 Å². The van der Waals surface area contributed by atoms with E-state index < -0.39 is 25.6 Å². The summed E-state index contributed by atoms with van der Waals surface area (Å²) in [6.07, 6.45) is -0.172. The third-order valence-corrected chi connectivity index (χ3v) is 16.9. The van der Waals surface area contributed by atoms with Crippen molar-refractivity contribution in [2.45, 2.75) is 89.8 Å². The fraction of sp³-hybridized carbons (Fsp3) is 0.491. The molecule has 0 spiro atoms. The Hall–Kier alpha value is -5.93. The third kappa shape index (κ3) is 16.3. The number of sulfonamides is 2. The minimum Gasteiger partial charge on any atom is -0.497 e. The van der Waals surface area contributed by atoms with E-state index in [2.05, 4.69) is 37.9 Å². The van der Waals surface area contributed by atoms with Gasteiger partial charge in [-0.15, -0.1) is 0 Å². The standard InChI is InChI=1S/C29H42N4O6S.C24H34N4O4S/c1-21-17-25(38-7)18-22(2)27(21)40(36,37)31(6)12-11-26(34)30-20-23-9-8-10-24(19-23)32-13-15-33(16-14-32)28(35)39-29(3,4)5;1-18-14-22(32-4)15-19(2)24(18)33(30,31)27(3)11-8-23(29)26-17-20-6-5-7-21(16-20)28-12-9-25-10-13-28/h8-10,17-19H,11-16,20H2,1-7H3,(H,30,34);5-7,14-16,25H,8-13,17H2,1-4H3,(H,26,29). The van der Waals surface area contributed by atoms with Gasteiger partial charge in [0.2, 0.25) is 31.9 Å². The molecule has 0 aromatic heterocycles. The average molecular weight is 1050 g/mol. The number of methoxy groups -OCH3 is 2. The number of nitrogens with zero attached hydrogens (tertiary/aromatic N) is 5. The number of rotatable bonds is 18. The SMILES string of the molecule is COc1cc(C)c(S(=O)(=O)N(C)CCC(=O)NCc2cccc(N3CCN(C(=O)OC(C)(C)C)CC3)c2)c(C)c1.COc1cc(C)c(S(=O)(=O)N(C)CCC(=O)NCc2cccc(N3CCNCC3)c2)c(C)c1. The summed E-state index contributed by atoms with van der Waals surface area (Å²) in [5.74, 6) is 0.796. The first-order chi connectivity index (χ1) is 34.4. The van der Waals surface area contributed by atoms with Gasteiger partial charge in [-0.2, -0.15) is 0 Å². The quantitative estimate of drug-likeness (QED) is 0.109. The predicted molar refractivity (Wildman–Crippen MR) is 285 cm³/mol. The van der Waals surface area contributed by atoms with Crippen LogP contribution in [0, 0.1) is 27.7 Å². The van der Waals surface area contributed by atoms with Crippen LogP contribution >= 0.6 is 0 Å². The summed E-state index contributed by atoms with van der Waals surface area (Å²) in [7, 11) is -1.41. The zero-order valence-electron chi connectivity index (χ0n) is 44.5. The molecule has 400 valence electrons. The highest BCUT2D eigenvalue weighted by molar-refractivity contribution is 7.89. The number of benzene rings is 4. The van der Waals surface area contributed by atoms with Crippen molar-refractivity contribution in [3.05, 3.63) is 106 Å². The van der Waals surface area contributed by atoms with E-state index in [9.17, 15) is 31.2 Å². The highest BCUT2D eigenvalue weighted by Gasteiger charge is 2.29. The molecule has 2 fully saturated rings. The van der Waals surface area contributed by atoms with E-state index in [0.717, 1.165) is 48.7 Å². The second-order valence-electron chi connectivity index (χ2n) is 19.4. The zero-order chi connectivity index (χ0) is 53.7. The lowest BCUT2D eigenvalue weighted by Crippen LogP contribution is -2.50. The van der Waals surface area contributed by atoms with Gasteiger partial charge in [-0.3, -0.25) is 9.59 Å². The lowest BCUT2D eigenvalue weighted by Gasteiger charge is -2.36. The maximum atomic E-state index is 13.2. The van der Waals surface area contributed by atoms with E-state index in [0.29, 0.717) is 73.0 Å². The Morgan fingerprint density at radius 3 is 1.36 bits per heavy atom. The molecule has 0 unspecified atom stereocenters. The zero-order valence-corrected chi connectivity index (χ0v) is 46.1. The van der Waals surface area contributed by atoms with Crippen molar-refractivity contribution < 1.29 is 45.4 Å². The molecule has 0 saturated carbocycles. The molecule has 0 aliphatic carbocycles. The summed E-state index contributed by atoms with van der Waals surface area (Å²) in [5, 5.41) is 9.14. The maximum Gasteiger partial charge on any atom is 0.410 e. The fourth-order valence-electron chi connectivity index (χ4n) is 8.64. The number of anilines is 2. The van der Waals surface area contributed by atoms with Crippen molar-refractivity contribution in [1.82, 2.24) is 29.5 Å². The largest absolute Gasteiger partial charge is 0.497 e. The molecule has 3 amide bonds. The number of carbonyl (C=O) groups is 3. The molecule has 20 heteroatoms. The van der Waals surface area contributed by atoms with Gasteiger partial charge in [0.25, 0.3) is 0 Å². The molecule has 6 rings (SSSR count). The molecule has 3 N–H and O–H groups in total. The minimum atomic E-state index is -3.76. The molecule has 0 bridgehead atoms. The first kappa shape index (κ1) is 58.0. The fourth-order valence-corrected chi connectivity index (χ4v) is 11.8. The Labute approximate surface area is 433 Å². The van der Waals surface area contributed by atoms with Crippen LogP contribution in [0.4, 0.5) is 16.2 Å². The van der Waals surface area contributed by atoms with Gasteiger partial charge in [-0.05, 0) is 130 Å². The normalized spacial score (nSPS) is 14.3. The topological polar surface area (TPSA) is 199 Å². The smallest absolute Gasteiger partial charge is 0.410 e. The van der Waals surface area contributed by atoms with E-state index in [1.807, 2.05) is 57.2 Å². The minimum absolute atomic E-state index is 0.0380. The molecule has 2 aliphatic rings. The first-order valence-corrected chi connectivity index (χ1v) is 27.4. The van der Waals surface area contributed by atoms with Crippen molar-refractivity contribution in [2.24, 2.45) is 0 Å². The Morgan fingerprint density at radius 1 is 0.603 bits per heavy atom. The number of nitrogens with one attached hydrogen (secondary N) is 3. The number of ether oxygens (including phenoxy) is 3. The van der Waals surface area contributed by atoms with Crippen LogP contribution in [0.1, 0.15) is 67.0 Å². The molecule has 18 nitrogen and oxygen atoms in total. The molecule has 4 aromatic rings. The number of aryl methyl sites for hydroxylation is 4. The number of amides is 3. The molecule has 2 heterocycles. The lowest BCUT2D eigenvalue weighted by atomic mass is 10.1. The Kier molecular flexibility index (Phi) is 20.5. The van der Waals surface area contributed by atoms with Gasteiger partial charge in [0, 0.05) is 117 Å². The van der Waals surface area contributed by atoms with Crippen LogP contribution in [-0.2, 0) is 47.5 Å². The Bertz CT molecular complexity index is 2720. The molecular weight excluding hydrogens is 973 g/mol. The first-order valence-electron chi connectivity index (χ1n) is 24.6. The van der Waals surface area contributed by atoms with Crippen molar-refractivity contribution >= 4 is 49.3 Å². The maximum absolute atomic E-state index is 13.2. The molecule has 2 saturated heterocycles. The Balaban J connectivity index is 0.000000276. The Morgan fingerprint density at radius 2 is 0.986 bits per heavy atom. The third-order valence-electron chi connectivity index (χ3n) is 12.6. The summed E-state index contributed by atoms with van der Waals surface area (Å²) in [6, 6.07) is 22.9. The van der Waals surface area contributed by atoms with Crippen LogP contribution in [0.25, 0.3) is 0 Å². The van der Waals surface area contributed by atoms with E-state index in [4.69, 9.17) is 14.2 Å². The van der Waals surface area contributed by atoms with E-state index in [-0.39, 0.29) is 53.6 Å². The number of hydrogen-bond acceptors (Lipinski definition) is 13. The highest BCUT2D eigenvalue weighted by atomic mass is 32.2. The molecular formula is C53H76N8O10S2. The van der Waals surface area contributed by atoms with Crippen LogP contribution < -0.4 is 35.2 Å². The van der Waals surface area contributed by atoms with Crippen molar-refractivity contribution in [2.75, 3.05) is 104 Å². The average Bonchev–Trinajstić information content (AvgIpc) is 3.35. The van der Waals surface area contributed by atoms with Crippen LogP contribution in [0.15, 0.2) is 82.6 Å². The summed E-state index contributed by atoms with van der Waals surface area (Å²) in [5.41, 5.74) is 6.03. The van der Waals surface area contributed by atoms with Crippen LogP contribution in [0.5, 0.6) is 11.5 Å². The lowest BCUT2D eigenvalue weighted by molar-refractivity contribution is -0.122. The molecule has 73 heavy (non-hydrogen) atoms. The van der Waals surface area contributed by atoms with Gasteiger partial charge in [-0.25, -0.2) is 30.2 Å². The van der Waals surface area contributed by atoms with Crippen LogP contribution in [0.2, 0.25) is 0 Å². The number of carbonyl (C=O) groups excluding carboxylic acids is 3. The van der Waals surface area contributed by atoms with E-state index >= 15 is 0 Å². The van der Waals surface area contributed by atoms with Gasteiger partial charge in [0.05, 0.1) is 24.0 Å². The molecule has 2 aliphatic heterocycles. The van der Waals surface area contributed by atoms with Crippen molar-refractivity contribution in [3.8, 4) is 11.5 Å². The van der Waals surface area contributed by atoms with Crippen LogP contribution in [0.3, 0.4) is 0 Å². The summed E-state index contributed by atoms with van der Waals surface area (Å²) in [4.78, 5) is 44.1. The van der Waals surface area contributed by atoms with Gasteiger partial charge >= 0.3 is 6.09 Å². The van der Waals surface area contributed by atoms with Gasteiger partial charge in [0.1, 0.15) is 17.1 Å². The summed E-state index contributed by atoms with van der Waals surface area (Å²) >= 11 is 0. The van der Waals surface area contributed by atoms with Crippen molar-refractivity contribution in [1.29, 1.82) is 0 Å².